The third-order valence-corrected chi connectivity index (χ3v) is 6.76. The highest BCUT2D eigenvalue weighted by atomic mass is 32.2. The van der Waals surface area contributed by atoms with E-state index >= 15 is 0 Å². The highest BCUT2D eigenvalue weighted by Gasteiger charge is 2.55. The lowest BCUT2D eigenvalue weighted by molar-refractivity contribution is 0.246. The molecule has 0 heterocycles. The molecular formula is C16H21NO2S. The maximum atomic E-state index is 12.9. The van der Waals surface area contributed by atoms with Crippen molar-refractivity contribution in [3.63, 3.8) is 0 Å². The van der Waals surface area contributed by atoms with E-state index in [1.54, 1.807) is 13.0 Å². The van der Waals surface area contributed by atoms with Gasteiger partial charge in [-0.2, -0.15) is 5.26 Å². The molecule has 4 heteroatoms. The summed E-state index contributed by atoms with van der Waals surface area (Å²) in [7, 11) is -3.58. The van der Waals surface area contributed by atoms with Gasteiger partial charge in [0.1, 0.15) is 0 Å². The Bertz CT molecular complexity index is 650. The average molecular weight is 291 g/mol. The van der Waals surface area contributed by atoms with Gasteiger partial charge in [-0.15, -0.1) is 0 Å². The van der Waals surface area contributed by atoms with Crippen LogP contribution in [0, 0.1) is 31.1 Å². The number of rotatable bonds is 4. The molecule has 0 radical (unpaired) electrons. The largest absolute Gasteiger partial charge is 0.222 e. The normalized spacial score (nSPS) is 25.8. The molecule has 3 nitrogen and oxygen atoms in total. The van der Waals surface area contributed by atoms with Crippen molar-refractivity contribution in [3.05, 3.63) is 29.3 Å². The Hall–Kier alpha value is -1.34. The van der Waals surface area contributed by atoms with Crippen molar-refractivity contribution in [2.45, 2.75) is 56.1 Å². The predicted molar refractivity (Wildman–Crippen MR) is 79.1 cm³/mol. The molecule has 1 fully saturated rings. The topological polar surface area (TPSA) is 57.9 Å². The van der Waals surface area contributed by atoms with Crippen molar-refractivity contribution >= 4 is 9.84 Å². The van der Waals surface area contributed by atoms with Crippen LogP contribution in [-0.4, -0.2) is 13.2 Å². The fourth-order valence-corrected chi connectivity index (χ4v) is 5.35. The molecule has 0 N–H and O–H groups in total. The van der Waals surface area contributed by atoms with Crippen LogP contribution in [0.2, 0.25) is 0 Å². The summed E-state index contributed by atoms with van der Waals surface area (Å²) in [4.78, 5) is 0.328. The summed E-state index contributed by atoms with van der Waals surface area (Å²) in [5, 5.41) is 9.45. The molecule has 0 aliphatic heterocycles. The number of nitriles is 1. The second kappa shape index (κ2) is 5.21. The molecule has 20 heavy (non-hydrogen) atoms. The van der Waals surface area contributed by atoms with Gasteiger partial charge in [0.05, 0.1) is 11.0 Å². The Morgan fingerprint density at radius 3 is 2.55 bits per heavy atom. The fourth-order valence-electron chi connectivity index (χ4n) is 3.06. The minimum atomic E-state index is -3.58. The van der Waals surface area contributed by atoms with E-state index in [0.29, 0.717) is 23.7 Å². The monoisotopic (exact) mass is 291 g/mol. The quantitative estimate of drug-likeness (QED) is 0.852. The van der Waals surface area contributed by atoms with Crippen molar-refractivity contribution < 1.29 is 8.42 Å². The molecule has 0 bridgehead atoms. The predicted octanol–water partition coefficient (Wildman–Crippen LogP) is 3.55. The molecule has 0 spiro atoms. The van der Waals surface area contributed by atoms with Crippen molar-refractivity contribution in [2.24, 2.45) is 5.92 Å². The second-order valence-corrected chi connectivity index (χ2v) is 8.17. The summed E-state index contributed by atoms with van der Waals surface area (Å²) < 4.78 is 24.5. The maximum Gasteiger partial charge on any atom is 0.197 e. The third kappa shape index (κ3) is 2.25. The number of sulfone groups is 1. The highest BCUT2D eigenvalue weighted by molar-refractivity contribution is 7.93. The van der Waals surface area contributed by atoms with Crippen LogP contribution in [0.5, 0.6) is 0 Å². The van der Waals surface area contributed by atoms with Gasteiger partial charge in [-0.1, -0.05) is 31.9 Å². The van der Waals surface area contributed by atoms with Gasteiger partial charge in [0.15, 0.2) is 14.6 Å². The van der Waals surface area contributed by atoms with Crippen LogP contribution in [0.15, 0.2) is 23.1 Å². The molecule has 2 rings (SSSR count). The van der Waals surface area contributed by atoms with Gasteiger partial charge in [0, 0.05) is 0 Å². The van der Waals surface area contributed by atoms with Crippen molar-refractivity contribution in [3.8, 4) is 6.07 Å². The summed E-state index contributed by atoms with van der Waals surface area (Å²) in [5.41, 5.74) is 1.64. The number of hydrogen-bond donors (Lipinski definition) is 0. The van der Waals surface area contributed by atoms with Crippen LogP contribution in [0.3, 0.4) is 0 Å². The lowest BCUT2D eigenvalue weighted by Crippen LogP contribution is -2.49. The van der Waals surface area contributed by atoms with Gasteiger partial charge in [0.25, 0.3) is 0 Å². The highest BCUT2D eigenvalue weighted by Crippen LogP contribution is 2.48. The summed E-state index contributed by atoms with van der Waals surface area (Å²) in [6.07, 6.45) is 3.00. The first kappa shape index (κ1) is 15.1. The van der Waals surface area contributed by atoms with Gasteiger partial charge < -0.3 is 0 Å². The smallest absolute Gasteiger partial charge is 0.197 e. The van der Waals surface area contributed by atoms with Crippen LogP contribution in [-0.2, 0) is 9.84 Å². The fraction of sp³-hybridized carbons (Fsp3) is 0.562. The zero-order valence-corrected chi connectivity index (χ0v) is 13.1. The average Bonchev–Trinajstić information content (AvgIpc) is 2.35. The van der Waals surface area contributed by atoms with E-state index in [4.69, 9.17) is 0 Å². The molecule has 0 amide bonds. The lowest BCUT2D eigenvalue weighted by atomic mass is 9.73. The second-order valence-electron chi connectivity index (χ2n) is 5.94. The van der Waals surface area contributed by atoms with Crippen molar-refractivity contribution in [2.75, 3.05) is 0 Å². The molecule has 0 atom stereocenters. The van der Waals surface area contributed by atoms with Crippen molar-refractivity contribution in [1.29, 1.82) is 5.26 Å². The molecular weight excluding hydrogens is 270 g/mol. The third-order valence-electron chi connectivity index (χ3n) is 4.29. The lowest BCUT2D eigenvalue weighted by Gasteiger charge is -2.42. The Morgan fingerprint density at radius 2 is 2.00 bits per heavy atom. The molecule has 1 saturated carbocycles. The molecule has 108 valence electrons. The number of nitrogens with zero attached hydrogens (tertiary/aromatic N) is 1. The van der Waals surface area contributed by atoms with E-state index < -0.39 is 14.6 Å². The zero-order valence-electron chi connectivity index (χ0n) is 12.3. The first-order valence-electron chi connectivity index (χ1n) is 7.09. The van der Waals surface area contributed by atoms with E-state index in [2.05, 4.69) is 13.0 Å². The molecule has 1 aromatic rings. The van der Waals surface area contributed by atoms with Gasteiger partial charge in [-0.05, 0) is 49.8 Å². The molecule has 0 unspecified atom stereocenters. The van der Waals surface area contributed by atoms with Crippen LogP contribution >= 0.6 is 0 Å². The number of aryl methyl sites for hydroxylation is 2. The number of benzene rings is 1. The Kier molecular flexibility index (Phi) is 3.93. The summed E-state index contributed by atoms with van der Waals surface area (Å²) in [5.74, 6) is 0.375. The van der Waals surface area contributed by atoms with Crippen LogP contribution in [0.1, 0.15) is 43.7 Å². The molecule has 0 saturated heterocycles. The summed E-state index contributed by atoms with van der Waals surface area (Å²) >= 11 is 0. The van der Waals surface area contributed by atoms with Crippen LogP contribution in [0.25, 0.3) is 0 Å². The van der Waals surface area contributed by atoms with E-state index in [-0.39, 0.29) is 0 Å². The maximum absolute atomic E-state index is 12.9. The summed E-state index contributed by atoms with van der Waals surface area (Å²) in [6.45, 7) is 5.75. The van der Waals surface area contributed by atoms with Crippen LogP contribution in [0.4, 0.5) is 0 Å². The van der Waals surface area contributed by atoms with E-state index in [0.717, 1.165) is 24.0 Å². The zero-order chi connectivity index (χ0) is 15.0. The Balaban J connectivity index is 2.40. The Morgan fingerprint density at radius 1 is 1.35 bits per heavy atom. The van der Waals surface area contributed by atoms with Gasteiger partial charge in [-0.3, -0.25) is 0 Å². The minimum Gasteiger partial charge on any atom is -0.222 e. The van der Waals surface area contributed by atoms with Gasteiger partial charge in [0.2, 0.25) is 0 Å². The minimum absolute atomic E-state index is 0.328. The summed E-state index contributed by atoms with van der Waals surface area (Å²) in [6, 6.07) is 7.50. The number of hydrogen-bond acceptors (Lipinski definition) is 3. The van der Waals surface area contributed by atoms with Gasteiger partial charge in [-0.25, -0.2) is 8.42 Å². The van der Waals surface area contributed by atoms with E-state index in [1.165, 1.54) is 0 Å². The molecule has 0 aromatic heterocycles. The first-order valence-corrected chi connectivity index (χ1v) is 8.58. The van der Waals surface area contributed by atoms with E-state index in [1.807, 2.05) is 19.1 Å². The van der Waals surface area contributed by atoms with Crippen molar-refractivity contribution in [1.82, 2.24) is 0 Å². The molecule has 1 aromatic carbocycles. The van der Waals surface area contributed by atoms with Gasteiger partial charge >= 0.3 is 0 Å². The SMILES string of the molecule is CCCC1CC(C#N)(S(=O)(=O)c2cc(C)ccc2C)C1. The molecule has 1 aliphatic carbocycles. The van der Waals surface area contributed by atoms with Crippen LogP contribution < -0.4 is 0 Å². The standard InChI is InChI=1S/C16H21NO2S/c1-4-5-14-9-16(10-14,11-17)20(18,19)15-8-12(2)6-7-13(15)3/h6-8,14H,4-5,9-10H2,1-3H3. The molecule has 1 aliphatic rings. The Labute approximate surface area is 121 Å². The first-order chi connectivity index (χ1) is 9.36. The van der Waals surface area contributed by atoms with E-state index in [9.17, 15) is 13.7 Å².